The maximum absolute atomic E-state index is 12.4. The Morgan fingerprint density at radius 2 is 2.12 bits per heavy atom. The van der Waals surface area contributed by atoms with Crippen LogP contribution in [0.3, 0.4) is 0 Å². The fraction of sp³-hybridized carbons (Fsp3) is 0.375. The van der Waals surface area contributed by atoms with Gasteiger partial charge in [0, 0.05) is 26.4 Å². The summed E-state index contributed by atoms with van der Waals surface area (Å²) in [4.78, 5) is 30.1. The van der Waals surface area contributed by atoms with Gasteiger partial charge in [0.2, 0.25) is 6.54 Å². The molecular weight excluding hydrogens is 376 g/mol. The normalized spacial score (nSPS) is 19.0. The summed E-state index contributed by atoms with van der Waals surface area (Å²) in [5.41, 5.74) is 1.51. The van der Waals surface area contributed by atoms with Gasteiger partial charge in [0.15, 0.2) is 0 Å². The molecule has 3 rings (SSSR count). The Kier molecular flexibility index (Phi) is 6.68. The minimum absolute atomic E-state index is 0. The summed E-state index contributed by atoms with van der Waals surface area (Å²) in [5, 5.41) is 12.0. The molecule has 1 aliphatic rings. The summed E-state index contributed by atoms with van der Waals surface area (Å²) in [6.07, 6.45) is 1.17. The molecule has 2 atom stereocenters. The van der Waals surface area contributed by atoms with Gasteiger partial charge >= 0.3 is 29.6 Å². The molecule has 1 N–H and O–H groups in total. The number of aryl methyl sites for hydroxylation is 1. The van der Waals surface area contributed by atoms with Crippen LogP contribution in [0.2, 0.25) is 10.0 Å². The van der Waals surface area contributed by atoms with Crippen LogP contribution < -0.4 is 35.1 Å². The van der Waals surface area contributed by atoms with Crippen molar-refractivity contribution < 1.29 is 35.9 Å². The third kappa shape index (κ3) is 4.26. The number of hydrogen-bond acceptors (Lipinski definition) is 4. The number of nitrogens with one attached hydrogen (secondary N) is 1. The van der Waals surface area contributed by atoms with Gasteiger partial charge in [-0.15, -0.1) is 0 Å². The van der Waals surface area contributed by atoms with E-state index < -0.39 is 5.92 Å². The first-order valence-electron chi connectivity index (χ1n) is 7.54. The van der Waals surface area contributed by atoms with Crippen molar-refractivity contribution in [1.29, 1.82) is 0 Å². The monoisotopic (exact) mass is 391 g/mol. The molecule has 0 aliphatic heterocycles. The number of rotatable bonds is 3. The molecule has 2 unspecified atom stereocenters. The van der Waals surface area contributed by atoms with E-state index in [9.17, 15) is 14.9 Å². The third-order valence-electron chi connectivity index (χ3n) is 4.35. The van der Waals surface area contributed by atoms with E-state index in [1.165, 1.54) is 0 Å². The summed E-state index contributed by atoms with van der Waals surface area (Å²) in [7, 11) is 0. The summed E-state index contributed by atoms with van der Waals surface area (Å²) in [6.45, 7) is 1.42. The molecule has 1 aromatic carbocycles. The summed E-state index contributed by atoms with van der Waals surface area (Å²) >= 11 is 12.3. The SMILES string of the molecule is Cc1nc2c(c(=O)[nH]1)C(C[N+](=O)[O-])CCC2c1ccc(Cl)cc1Cl.[H-].[Na+]. The van der Waals surface area contributed by atoms with E-state index in [1.54, 1.807) is 19.1 Å². The quantitative estimate of drug-likeness (QED) is 0.475. The molecule has 0 bridgehead atoms. The van der Waals surface area contributed by atoms with Crippen LogP contribution in [0.4, 0.5) is 0 Å². The van der Waals surface area contributed by atoms with Gasteiger partial charge in [-0.05, 0) is 37.5 Å². The zero-order chi connectivity index (χ0) is 17.4. The van der Waals surface area contributed by atoms with Gasteiger partial charge in [-0.2, -0.15) is 0 Å². The van der Waals surface area contributed by atoms with Crippen molar-refractivity contribution in [2.24, 2.45) is 0 Å². The number of aromatic nitrogens is 2. The maximum atomic E-state index is 12.4. The van der Waals surface area contributed by atoms with Crippen LogP contribution in [0.1, 0.15) is 48.7 Å². The van der Waals surface area contributed by atoms with Crippen LogP contribution >= 0.6 is 23.2 Å². The number of hydrogen-bond donors (Lipinski definition) is 1. The van der Waals surface area contributed by atoms with Crippen molar-refractivity contribution in [3.05, 3.63) is 71.4 Å². The van der Waals surface area contributed by atoms with Crippen LogP contribution in [-0.2, 0) is 0 Å². The number of nitrogens with zero attached hydrogens (tertiary/aromatic N) is 2. The van der Waals surface area contributed by atoms with Crippen LogP contribution in [0.15, 0.2) is 23.0 Å². The molecule has 6 nitrogen and oxygen atoms in total. The number of nitro groups is 1. The zero-order valence-electron chi connectivity index (χ0n) is 14.9. The molecule has 25 heavy (non-hydrogen) atoms. The zero-order valence-corrected chi connectivity index (χ0v) is 17.4. The second-order valence-electron chi connectivity index (χ2n) is 5.96. The number of H-pyrrole nitrogens is 1. The Morgan fingerprint density at radius 3 is 2.76 bits per heavy atom. The molecule has 1 heterocycles. The number of halogens is 2. The van der Waals surface area contributed by atoms with E-state index in [4.69, 9.17) is 23.2 Å². The van der Waals surface area contributed by atoms with Gasteiger partial charge in [-0.1, -0.05) is 29.3 Å². The fourth-order valence-corrected chi connectivity index (χ4v) is 3.92. The average Bonchev–Trinajstić information content (AvgIpc) is 2.47. The van der Waals surface area contributed by atoms with E-state index in [0.717, 1.165) is 5.56 Å². The third-order valence-corrected chi connectivity index (χ3v) is 4.92. The molecule has 128 valence electrons. The van der Waals surface area contributed by atoms with Gasteiger partial charge in [0.25, 0.3) is 5.56 Å². The Bertz CT molecular complexity index is 878. The topological polar surface area (TPSA) is 88.9 Å². The summed E-state index contributed by atoms with van der Waals surface area (Å²) in [6, 6.07) is 5.22. The van der Waals surface area contributed by atoms with Crippen molar-refractivity contribution in [3.8, 4) is 0 Å². The Balaban J connectivity index is 0.00000169. The summed E-state index contributed by atoms with van der Waals surface area (Å²) in [5.74, 6) is -0.126. The Morgan fingerprint density at radius 1 is 1.40 bits per heavy atom. The van der Waals surface area contributed by atoms with Gasteiger partial charge in [-0.3, -0.25) is 14.9 Å². The first-order valence-corrected chi connectivity index (χ1v) is 8.30. The predicted molar refractivity (Wildman–Crippen MR) is 92.8 cm³/mol. The van der Waals surface area contributed by atoms with Crippen LogP contribution in [0.5, 0.6) is 0 Å². The smallest absolute Gasteiger partial charge is 1.00 e. The number of benzene rings is 1. The molecule has 0 saturated heterocycles. The molecule has 9 heteroatoms. The molecular formula is C16H16Cl2N3NaO3. The minimum Gasteiger partial charge on any atom is -1.00 e. The Labute approximate surface area is 177 Å². The molecule has 2 aromatic rings. The predicted octanol–water partition coefficient (Wildman–Crippen LogP) is 0.788. The van der Waals surface area contributed by atoms with Crippen molar-refractivity contribution in [2.75, 3.05) is 6.54 Å². The number of aromatic amines is 1. The molecule has 1 aliphatic carbocycles. The molecule has 0 spiro atoms. The van der Waals surface area contributed by atoms with Gasteiger partial charge < -0.3 is 6.41 Å². The van der Waals surface area contributed by atoms with Crippen molar-refractivity contribution >= 4 is 23.2 Å². The molecule has 1 aromatic heterocycles. The van der Waals surface area contributed by atoms with Gasteiger partial charge in [0.05, 0.1) is 11.6 Å². The van der Waals surface area contributed by atoms with Crippen LogP contribution in [0.25, 0.3) is 0 Å². The van der Waals surface area contributed by atoms with Crippen LogP contribution in [-0.4, -0.2) is 21.4 Å². The molecule has 0 amide bonds. The van der Waals surface area contributed by atoms with Gasteiger partial charge in [-0.25, -0.2) is 4.98 Å². The van der Waals surface area contributed by atoms with Crippen molar-refractivity contribution in [3.63, 3.8) is 0 Å². The molecule has 0 radical (unpaired) electrons. The van der Waals surface area contributed by atoms with E-state index in [0.29, 0.717) is 40.0 Å². The first kappa shape index (κ1) is 20.4. The molecule has 0 fully saturated rings. The van der Waals surface area contributed by atoms with E-state index in [1.807, 2.05) is 6.07 Å². The standard InChI is InChI=1S/C16H15Cl2N3O3.Na.H/c1-8-19-15-12(11-5-3-10(17)6-13(11)18)4-2-9(7-21(23)24)14(15)16(22)20-8;;/h3,5-6,9,12H,2,4,7H2,1H3,(H,19,20,22);;/q;+1;-1. The van der Waals surface area contributed by atoms with Crippen molar-refractivity contribution in [1.82, 2.24) is 9.97 Å². The summed E-state index contributed by atoms with van der Waals surface area (Å²) < 4.78 is 0. The largest absolute Gasteiger partial charge is 1.00 e. The second kappa shape index (κ2) is 8.18. The number of fused-ring (bicyclic) bond motifs is 1. The second-order valence-corrected chi connectivity index (χ2v) is 6.80. The average molecular weight is 392 g/mol. The maximum Gasteiger partial charge on any atom is 1.00 e. The first-order chi connectivity index (χ1) is 11.4. The van der Waals surface area contributed by atoms with Crippen molar-refractivity contribution in [2.45, 2.75) is 31.6 Å². The Hall–Kier alpha value is -0.920. The van der Waals surface area contributed by atoms with Gasteiger partial charge in [0.1, 0.15) is 5.82 Å². The fourth-order valence-electron chi connectivity index (χ4n) is 3.38. The molecule has 0 saturated carbocycles. The van der Waals surface area contributed by atoms with E-state index in [2.05, 4.69) is 9.97 Å². The van der Waals surface area contributed by atoms with E-state index >= 15 is 0 Å². The minimum atomic E-state index is -0.436. The van der Waals surface area contributed by atoms with E-state index in [-0.39, 0.29) is 53.9 Å². The van der Waals surface area contributed by atoms with Crippen LogP contribution in [0, 0.1) is 17.0 Å².